The number of hydrogen-bond donors (Lipinski definition) is 0. The molecule has 0 saturated carbocycles. The first-order valence-electron chi connectivity index (χ1n) is 10.3. The van der Waals surface area contributed by atoms with Crippen molar-refractivity contribution in [1.82, 2.24) is 19.3 Å². The van der Waals surface area contributed by atoms with Crippen LogP contribution in [0.3, 0.4) is 0 Å². The summed E-state index contributed by atoms with van der Waals surface area (Å²) in [4.78, 5) is 16.7. The Balaban J connectivity index is 1.72. The fourth-order valence-electron chi connectivity index (χ4n) is 3.43. The van der Waals surface area contributed by atoms with Crippen LogP contribution in [0.25, 0.3) is 11.4 Å². The van der Waals surface area contributed by atoms with E-state index in [0.717, 1.165) is 5.56 Å². The number of halogens is 4. The zero-order chi connectivity index (χ0) is 23.4. The van der Waals surface area contributed by atoms with Gasteiger partial charge in [-0.3, -0.25) is 4.79 Å². The molecule has 2 aromatic carbocycles. The van der Waals surface area contributed by atoms with Crippen LogP contribution < -0.4 is 5.56 Å². The largest absolute Gasteiger partial charge is 0.389 e. The van der Waals surface area contributed by atoms with Crippen LogP contribution in [0.1, 0.15) is 23.4 Å². The normalized spacial score (nSPS) is 11.6. The van der Waals surface area contributed by atoms with Crippen LogP contribution in [-0.2, 0) is 19.5 Å². The Morgan fingerprint density at radius 3 is 2.33 bits per heavy atom. The van der Waals surface area contributed by atoms with E-state index in [4.69, 9.17) is 0 Å². The van der Waals surface area contributed by atoms with Crippen LogP contribution in [-0.4, -0.2) is 25.5 Å². The second-order valence-electron chi connectivity index (χ2n) is 7.59. The van der Waals surface area contributed by atoms with Crippen molar-refractivity contribution in [3.05, 3.63) is 106 Å². The number of benzene rings is 2. The average Bonchev–Trinajstić information content (AvgIpc) is 3.18. The summed E-state index contributed by atoms with van der Waals surface area (Å²) in [5, 5.41) is 4.21. The summed E-state index contributed by atoms with van der Waals surface area (Å²) < 4.78 is 55.3. The number of hydrogen-bond acceptors (Lipinski definition) is 3. The van der Waals surface area contributed by atoms with Gasteiger partial charge < -0.3 is 4.57 Å². The first-order valence-corrected chi connectivity index (χ1v) is 10.3. The van der Waals surface area contributed by atoms with Gasteiger partial charge in [-0.05, 0) is 17.7 Å². The molecule has 0 radical (unpaired) electrons. The van der Waals surface area contributed by atoms with Gasteiger partial charge in [-0.15, -0.1) is 0 Å². The Bertz CT molecular complexity index is 1300. The summed E-state index contributed by atoms with van der Waals surface area (Å²) in [6.45, 7) is 0.300. The van der Waals surface area contributed by atoms with Gasteiger partial charge in [-0.25, -0.2) is 14.1 Å². The average molecular weight is 456 g/mol. The predicted octanol–water partition coefficient (Wildman–Crippen LogP) is 4.84. The van der Waals surface area contributed by atoms with Crippen LogP contribution in [0.2, 0.25) is 0 Å². The Labute approximate surface area is 187 Å². The monoisotopic (exact) mass is 456 g/mol. The molecule has 33 heavy (non-hydrogen) atoms. The molecule has 0 amide bonds. The van der Waals surface area contributed by atoms with Crippen molar-refractivity contribution in [2.24, 2.45) is 0 Å². The van der Waals surface area contributed by atoms with E-state index < -0.39 is 24.8 Å². The Morgan fingerprint density at radius 2 is 1.61 bits per heavy atom. The molecular weight excluding hydrogens is 436 g/mol. The fourth-order valence-corrected chi connectivity index (χ4v) is 3.43. The predicted molar refractivity (Wildman–Crippen MR) is 115 cm³/mol. The highest BCUT2D eigenvalue weighted by Crippen LogP contribution is 2.24. The second-order valence-corrected chi connectivity index (χ2v) is 7.59. The molecule has 0 aliphatic rings. The lowest BCUT2D eigenvalue weighted by Gasteiger charge is -2.10. The van der Waals surface area contributed by atoms with E-state index in [1.165, 1.54) is 21.4 Å². The summed E-state index contributed by atoms with van der Waals surface area (Å²) >= 11 is 0. The van der Waals surface area contributed by atoms with Crippen molar-refractivity contribution in [2.75, 3.05) is 0 Å². The topological polar surface area (TPSA) is 52.7 Å². The van der Waals surface area contributed by atoms with Gasteiger partial charge in [0.25, 0.3) is 5.56 Å². The molecule has 0 fully saturated rings. The Hall–Kier alpha value is -3.75. The Morgan fingerprint density at radius 1 is 0.879 bits per heavy atom. The van der Waals surface area contributed by atoms with E-state index in [1.807, 2.05) is 30.3 Å². The lowest BCUT2D eigenvalue weighted by molar-refractivity contribution is -0.134. The minimum Gasteiger partial charge on any atom is -0.310 e. The Kier molecular flexibility index (Phi) is 6.39. The van der Waals surface area contributed by atoms with Crippen molar-refractivity contribution in [3.8, 4) is 11.4 Å². The molecule has 0 atom stereocenters. The maximum Gasteiger partial charge on any atom is 0.389 e. The summed E-state index contributed by atoms with van der Waals surface area (Å²) in [6, 6.07) is 18.4. The molecule has 170 valence electrons. The minimum atomic E-state index is -4.35. The van der Waals surface area contributed by atoms with Crippen molar-refractivity contribution < 1.29 is 17.6 Å². The molecule has 0 bridgehead atoms. The van der Waals surface area contributed by atoms with Crippen molar-refractivity contribution in [1.29, 1.82) is 0 Å². The molecule has 9 heteroatoms. The van der Waals surface area contributed by atoms with E-state index in [-0.39, 0.29) is 23.8 Å². The zero-order valence-corrected chi connectivity index (χ0v) is 17.5. The quantitative estimate of drug-likeness (QED) is 0.374. The molecule has 0 saturated heterocycles. The molecule has 0 aliphatic heterocycles. The SMILES string of the molecule is O=c1ccc(-c2nc(CCC(F)(F)F)nn2Cc2ccccc2F)cn1Cc1ccccc1. The highest BCUT2D eigenvalue weighted by molar-refractivity contribution is 5.54. The summed E-state index contributed by atoms with van der Waals surface area (Å²) in [5.74, 6) is -0.193. The molecule has 0 spiro atoms. The molecule has 0 aliphatic carbocycles. The number of alkyl halides is 3. The van der Waals surface area contributed by atoms with Gasteiger partial charge in [-0.1, -0.05) is 48.5 Å². The van der Waals surface area contributed by atoms with Crippen molar-refractivity contribution in [3.63, 3.8) is 0 Å². The van der Waals surface area contributed by atoms with Crippen LogP contribution >= 0.6 is 0 Å². The van der Waals surface area contributed by atoms with Crippen LogP contribution in [0.15, 0.2) is 77.7 Å². The van der Waals surface area contributed by atoms with Crippen LogP contribution in [0.5, 0.6) is 0 Å². The fraction of sp³-hybridized carbons (Fsp3) is 0.208. The van der Waals surface area contributed by atoms with E-state index in [1.54, 1.807) is 30.5 Å². The van der Waals surface area contributed by atoms with E-state index >= 15 is 0 Å². The number of pyridine rings is 1. The highest BCUT2D eigenvalue weighted by atomic mass is 19.4. The molecule has 0 unspecified atom stereocenters. The summed E-state index contributed by atoms with van der Waals surface area (Å²) in [7, 11) is 0. The van der Waals surface area contributed by atoms with Gasteiger partial charge >= 0.3 is 6.18 Å². The highest BCUT2D eigenvalue weighted by Gasteiger charge is 2.28. The second kappa shape index (κ2) is 9.40. The summed E-state index contributed by atoms with van der Waals surface area (Å²) in [5.41, 5.74) is 1.49. The van der Waals surface area contributed by atoms with Crippen LogP contribution in [0.4, 0.5) is 17.6 Å². The number of aryl methyl sites for hydroxylation is 1. The number of nitrogens with zero attached hydrogens (tertiary/aromatic N) is 4. The standard InChI is InChI=1S/C24H20F4N4O/c25-20-9-5-4-8-18(20)16-32-23(29-21(30-32)12-13-24(26,27)28)19-10-11-22(33)31(15-19)14-17-6-2-1-3-7-17/h1-11,15H,12-14,16H2. The van der Waals surface area contributed by atoms with Crippen molar-refractivity contribution >= 4 is 0 Å². The van der Waals surface area contributed by atoms with Gasteiger partial charge in [0.05, 0.1) is 19.5 Å². The van der Waals surface area contributed by atoms with Gasteiger partial charge in [-0.2, -0.15) is 18.3 Å². The van der Waals surface area contributed by atoms with Gasteiger partial charge in [0.15, 0.2) is 11.6 Å². The number of aromatic nitrogens is 4. The molecule has 4 rings (SSSR count). The smallest absolute Gasteiger partial charge is 0.310 e. The lowest BCUT2D eigenvalue weighted by Crippen LogP contribution is -2.19. The number of rotatable bonds is 7. The molecule has 2 aromatic heterocycles. The minimum absolute atomic E-state index is 0.000487. The third-order valence-electron chi connectivity index (χ3n) is 5.06. The van der Waals surface area contributed by atoms with Crippen LogP contribution in [0, 0.1) is 5.82 Å². The first kappa shape index (κ1) is 22.4. The molecule has 5 nitrogen and oxygen atoms in total. The van der Waals surface area contributed by atoms with Gasteiger partial charge in [0.2, 0.25) is 0 Å². The molecule has 0 N–H and O–H groups in total. The molecule has 2 heterocycles. The van der Waals surface area contributed by atoms with E-state index in [0.29, 0.717) is 17.7 Å². The molecule has 4 aromatic rings. The van der Waals surface area contributed by atoms with E-state index in [2.05, 4.69) is 10.1 Å². The third-order valence-corrected chi connectivity index (χ3v) is 5.06. The van der Waals surface area contributed by atoms with E-state index in [9.17, 15) is 22.4 Å². The maximum absolute atomic E-state index is 14.2. The van der Waals surface area contributed by atoms with Crippen molar-refractivity contribution in [2.45, 2.75) is 32.1 Å². The first-order chi connectivity index (χ1) is 15.8. The lowest BCUT2D eigenvalue weighted by atomic mass is 10.2. The van der Waals surface area contributed by atoms with Gasteiger partial charge in [0, 0.05) is 29.8 Å². The zero-order valence-electron chi connectivity index (χ0n) is 17.5. The van der Waals surface area contributed by atoms with Gasteiger partial charge in [0.1, 0.15) is 5.82 Å². The molecular formula is C24H20F4N4O. The third kappa shape index (κ3) is 5.74. The summed E-state index contributed by atoms with van der Waals surface area (Å²) in [6.07, 6.45) is -4.22. The maximum atomic E-state index is 14.2.